The zero-order chi connectivity index (χ0) is 12.4. The molecule has 2 unspecified atom stereocenters. The lowest BCUT2D eigenvalue weighted by atomic mass is 9.99. The number of thioether (sulfide) groups is 1. The molecule has 0 bridgehead atoms. The maximum absolute atomic E-state index is 5.92. The zero-order valence-electron chi connectivity index (χ0n) is 11.0. The number of allylic oxidation sites excluding steroid dienone is 1. The molecule has 3 aliphatic rings. The Bertz CT molecular complexity index is 363. The summed E-state index contributed by atoms with van der Waals surface area (Å²) in [6.07, 6.45) is 11.3. The van der Waals surface area contributed by atoms with Gasteiger partial charge in [-0.3, -0.25) is 10.3 Å². The van der Waals surface area contributed by atoms with Crippen LogP contribution < -0.4 is 5.32 Å². The summed E-state index contributed by atoms with van der Waals surface area (Å²) in [4.78, 5) is 5.92. The summed E-state index contributed by atoms with van der Waals surface area (Å²) in [7, 11) is 0. The largest absolute Gasteiger partial charge is 0.366 e. The minimum atomic E-state index is -0.246. The standard InChI is InChI=1S/C14H22N2OS/c1-14-9-12(18-11-5-3-2-4-6-11)10-16-13(14)15-7-8-17-14/h9-11,13,15H,2-8H2,1H3. The molecule has 2 aliphatic heterocycles. The Kier molecular flexibility index (Phi) is 3.78. The SMILES string of the molecule is CC12C=C(SC3CCCCC3)C=NC1NCCO2. The average Bonchev–Trinajstić information content (AvgIpc) is 2.39. The van der Waals surface area contributed by atoms with Crippen LogP contribution in [-0.4, -0.2) is 36.4 Å². The van der Waals surface area contributed by atoms with E-state index in [1.165, 1.54) is 37.0 Å². The molecule has 3 nitrogen and oxygen atoms in total. The number of hydrogen-bond acceptors (Lipinski definition) is 4. The number of nitrogens with one attached hydrogen (secondary N) is 1. The number of nitrogens with zero attached hydrogens (tertiary/aromatic N) is 1. The fourth-order valence-corrected chi connectivity index (χ4v) is 4.35. The molecule has 1 aliphatic carbocycles. The van der Waals surface area contributed by atoms with E-state index in [-0.39, 0.29) is 11.8 Å². The number of ether oxygens (including phenoxy) is 1. The van der Waals surface area contributed by atoms with E-state index in [0.29, 0.717) is 0 Å². The molecule has 18 heavy (non-hydrogen) atoms. The van der Waals surface area contributed by atoms with Crippen molar-refractivity contribution in [3.63, 3.8) is 0 Å². The highest BCUT2D eigenvalue weighted by molar-refractivity contribution is 8.04. The van der Waals surface area contributed by atoms with Gasteiger partial charge in [0.2, 0.25) is 0 Å². The van der Waals surface area contributed by atoms with Gasteiger partial charge in [-0.1, -0.05) is 19.3 Å². The molecule has 2 atom stereocenters. The minimum absolute atomic E-state index is 0.0990. The van der Waals surface area contributed by atoms with Gasteiger partial charge < -0.3 is 4.74 Å². The van der Waals surface area contributed by atoms with Crippen LogP contribution in [0.15, 0.2) is 16.0 Å². The van der Waals surface area contributed by atoms with Gasteiger partial charge in [0.1, 0.15) is 11.8 Å². The van der Waals surface area contributed by atoms with Crippen LogP contribution in [0.4, 0.5) is 0 Å². The number of morpholine rings is 1. The molecule has 1 N–H and O–H groups in total. The first-order valence-corrected chi connectivity index (χ1v) is 7.94. The summed E-state index contributed by atoms with van der Waals surface area (Å²) in [5.74, 6) is 0. The van der Waals surface area contributed by atoms with E-state index in [0.717, 1.165) is 18.4 Å². The Hall–Kier alpha value is -0.320. The van der Waals surface area contributed by atoms with E-state index in [9.17, 15) is 0 Å². The van der Waals surface area contributed by atoms with Crippen LogP contribution in [0.5, 0.6) is 0 Å². The van der Waals surface area contributed by atoms with E-state index in [1.807, 2.05) is 18.0 Å². The summed E-state index contributed by atoms with van der Waals surface area (Å²) < 4.78 is 5.92. The average molecular weight is 266 g/mol. The van der Waals surface area contributed by atoms with Gasteiger partial charge in [-0.25, -0.2) is 0 Å². The van der Waals surface area contributed by atoms with Crippen molar-refractivity contribution in [1.82, 2.24) is 5.32 Å². The van der Waals surface area contributed by atoms with Crippen LogP contribution in [0.25, 0.3) is 0 Å². The Balaban J connectivity index is 1.67. The number of hydrogen-bond donors (Lipinski definition) is 1. The second-order valence-electron chi connectivity index (χ2n) is 5.59. The van der Waals surface area contributed by atoms with Crippen molar-refractivity contribution in [3.05, 3.63) is 11.0 Å². The molecule has 0 aromatic rings. The zero-order valence-corrected chi connectivity index (χ0v) is 11.8. The maximum atomic E-state index is 5.92. The van der Waals surface area contributed by atoms with Gasteiger partial charge >= 0.3 is 0 Å². The molecule has 2 fully saturated rings. The second-order valence-corrected chi connectivity index (χ2v) is 6.97. The summed E-state index contributed by atoms with van der Waals surface area (Å²) in [6, 6.07) is 0. The normalized spacial score (nSPS) is 37.2. The van der Waals surface area contributed by atoms with Crippen molar-refractivity contribution in [3.8, 4) is 0 Å². The highest BCUT2D eigenvalue weighted by atomic mass is 32.2. The lowest BCUT2D eigenvalue weighted by Gasteiger charge is -2.40. The van der Waals surface area contributed by atoms with Crippen LogP contribution >= 0.6 is 11.8 Å². The molecule has 2 heterocycles. The van der Waals surface area contributed by atoms with Crippen molar-refractivity contribution in [2.75, 3.05) is 13.2 Å². The van der Waals surface area contributed by atoms with Crippen LogP contribution in [-0.2, 0) is 4.74 Å². The summed E-state index contributed by atoms with van der Waals surface area (Å²) >= 11 is 2.00. The Morgan fingerprint density at radius 1 is 1.39 bits per heavy atom. The molecular formula is C14H22N2OS. The molecule has 0 aromatic carbocycles. The molecule has 4 heteroatoms. The maximum Gasteiger partial charge on any atom is 0.132 e. The Labute approximate surface area is 113 Å². The third kappa shape index (κ3) is 2.65. The van der Waals surface area contributed by atoms with Crippen molar-refractivity contribution in [2.24, 2.45) is 4.99 Å². The van der Waals surface area contributed by atoms with E-state index in [1.54, 1.807) is 0 Å². The highest BCUT2D eigenvalue weighted by Gasteiger charge is 2.38. The highest BCUT2D eigenvalue weighted by Crippen LogP contribution is 2.36. The van der Waals surface area contributed by atoms with Gasteiger partial charge in [0.25, 0.3) is 0 Å². The number of fused-ring (bicyclic) bond motifs is 1. The molecule has 0 amide bonds. The van der Waals surface area contributed by atoms with E-state index in [4.69, 9.17) is 4.74 Å². The molecule has 100 valence electrons. The monoisotopic (exact) mass is 266 g/mol. The van der Waals surface area contributed by atoms with Crippen molar-refractivity contribution in [1.29, 1.82) is 0 Å². The lowest BCUT2D eigenvalue weighted by Crippen LogP contribution is -2.55. The summed E-state index contributed by atoms with van der Waals surface area (Å²) in [5, 5.41) is 4.19. The molecule has 3 rings (SSSR count). The van der Waals surface area contributed by atoms with Crippen LogP contribution in [0.2, 0.25) is 0 Å². The summed E-state index contributed by atoms with van der Waals surface area (Å²) in [6.45, 7) is 3.82. The fourth-order valence-electron chi connectivity index (χ4n) is 2.98. The van der Waals surface area contributed by atoms with Gasteiger partial charge in [-0.2, -0.15) is 0 Å². The molecule has 0 radical (unpaired) electrons. The van der Waals surface area contributed by atoms with Gasteiger partial charge in [0.05, 0.1) is 6.61 Å². The minimum Gasteiger partial charge on any atom is -0.366 e. The number of rotatable bonds is 2. The van der Waals surface area contributed by atoms with E-state index in [2.05, 4.69) is 23.3 Å². The molecular weight excluding hydrogens is 244 g/mol. The predicted octanol–water partition coefficient (Wildman–Crippen LogP) is 2.73. The topological polar surface area (TPSA) is 33.6 Å². The summed E-state index contributed by atoms with van der Waals surface area (Å²) in [5.41, 5.74) is -0.246. The second kappa shape index (κ2) is 5.35. The molecule has 1 saturated heterocycles. The first-order valence-electron chi connectivity index (χ1n) is 7.06. The third-order valence-electron chi connectivity index (χ3n) is 4.03. The van der Waals surface area contributed by atoms with Gasteiger partial charge in [-0.15, -0.1) is 11.8 Å². The van der Waals surface area contributed by atoms with E-state index < -0.39 is 0 Å². The first-order chi connectivity index (χ1) is 8.76. The van der Waals surface area contributed by atoms with Gasteiger partial charge in [-0.05, 0) is 25.8 Å². The van der Waals surface area contributed by atoms with Crippen LogP contribution in [0.1, 0.15) is 39.0 Å². The van der Waals surface area contributed by atoms with Crippen molar-refractivity contribution >= 4 is 18.0 Å². The van der Waals surface area contributed by atoms with Gasteiger partial charge in [0.15, 0.2) is 0 Å². The van der Waals surface area contributed by atoms with Crippen LogP contribution in [0, 0.1) is 0 Å². The first kappa shape index (κ1) is 12.7. The van der Waals surface area contributed by atoms with E-state index >= 15 is 0 Å². The fraction of sp³-hybridized carbons (Fsp3) is 0.786. The van der Waals surface area contributed by atoms with Crippen molar-refractivity contribution in [2.45, 2.75) is 56.0 Å². The third-order valence-corrected chi connectivity index (χ3v) is 5.33. The molecule has 0 aromatic heterocycles. The lowest BCUT2D eigenvalue weighted by molar-refractivity contribution is -0.0481. The predicted molar refractivity (Wildman–Crippen MR) is 77.2 cm³/mol. The number of aliphatic imine (C=N–C) groups is 1. The smallest absolute Gasteiger partial charge is 0.132 e. The Morgan fingerprint density at radius 2 is 2.22 bits per heavy atom. The van der Waals surface area contributed by atoms with Gasteiger partial charge in [0, 0.05) is 22.9 Å². The quantitative estimate of drug-likeness (QED) is 0.834. The number of dihydropyridines is 1. The Morgan fingerprint density at radius 3 is 3.06 bits per heavy atom. The van der Waals surface area contributed by atoms with Crippen molar-refractivity contribution < 1.29 is 4.74 Å². The molecule has 1 saturated carbocycles. The molecule has 0 spiro atoms. The van der Waals surface area contributed by atoms with Crippen LogP contribution in [0.3, 0.4) is 0 Å².